The first-order valence-electron chi connectivity index (χ1n) is 6.60. The molecule has 2 aliphatic rings. The maximum atomic E-state index is 12.2. The Kier molecular flexibility index (Phi) is 3.98. The topological polar surface area (TPSA) is 52.3 Å². The molecule has 1 aliphatic heterocycles. The van der Waals surface area contributed by atoms with Gasteiger partial charge < -0.3 is 10.5 Å². The van der Waals surface area contributed by atoms with Gasteiger partial charge in [0.05, 0.1) is 6.10 Å². The Morgan fingerprint density at radius 2 is 2.12 bits per heavy atom. The lowest BCUT2D eigenvalue weighted by atomic mass is 9.79. The van der Waals surface area contributed by atoms with Crippen LogP contribution in [0.5, 0.6) is 0 Å². The van der Waals surface area contributed by atoms with E-state index in [0.29, 0.717) is 18.2 Å². The summed E-state index contributed by atoms with van der Waals surface area (Å²) in [4.78, 5) is 12.2. The van der Waals surface area contributed by atoms with Crippen LogP contribution >= 0.6 is 0 Å². The van der Waals surface area contributed by atoms with Crippen LogP contribution in [0.1, 0.15) is 45.4 Å². The van der Waals surface area contributed by atoms with Gasteiger partial charge in [0, 0.05) is 12.5 Å². The number of hydrogen-bond donors (Lipinski definition) is 1. The van der Waals surface area contributed by atoms with Crippen molar-refractivity contribution in [1.29, 1.82) is 0 Å². The third kappa shape index (κ3) is 2.64. The van der Waals surface area contributed by atoms with Crippen LogP contribution < -0.4 is 5.73 Å². The molecule has 0 aromatic heterocycles. The molecular weight excluding hydrogens is 202 g/mol. The zero-order valence-corrected chi connectivity index (χ0v) is 10.2. The maximum absolute atomic E-state index is 12.2. The number of ether oxygens (including phenoxy) is 1. The number of Topliss-reactive ketones (excluding diaryl/α,β-unsaturated/α-hetero) is 1. The second-order valence-electron chi connectivity index (χ2n) is 5.43. The molecule has 3 heteroatoms. The van der Waals surface area contributed by atoms with E-state index < -0.39 is 0 Å². The van der Waals surface area contributed by atoms with Crippen LogP contribution in [0.4, 0.5) is 0 Å². The summed E-state index contributed by atoms with van der Waals surface area (Å²) in [6, 6.07) is 0. The summed E-state index contributed by atoms with van der Waals surface area (Å²) in [5.41, 5.74) is 5.56. The van der Waals surface area contributed by atoms with Crippen molar-refractivity contribution in [3.8, 4) is 0 Å². The summed E-state index contributed by atoms with van der Waals surface area (Å²) in [7, 11) is 0. The van der Waals surface area contributed by atoms with Crippen molar-refractivity contribution >= 4 is 5.78 Å². The van der Waals surface area contributed by atoms with Gasteiger partial charge in [0.25, 0.3) is 0 Å². The van der Waals surface area contributed by atoms with Gasteiger partial charge in [0.15, 0.2) is 5.78 Å². The quantitative estimate of drug-likeness (QED) is 0.798. The number of nitrogens with two attached hydrogens (primary N) is 1. The van der Waals surface area contributed by atoms with Gasteiger partial charge in [0.2, 0.25) is 0 Å². The van der Waals surface area contributed by atoms with Crippen molar-refractivity contribution in [3.05, 3.63) is 0 Å². The Balaban J connectivity index is 1.87. The molecule has 16 heavy (non-hydrogen) atoms. The van der Waals surface area contributed by atoms with Crippen molar-refractivity contribution in [1.82, 2.24) is 0 Å². The van der Waals surface area contributed by atoms with Crippen molar-refractivity contribution in [2.75, 3.05) is 6.54 Å². The van der Waals surface area contributed by atoms with Gasteiger partial charge in [-0.1, -0.05) is 19.8 Å². The Bertz CT molecular complexity index is 254. The van der Waals surface area contributed by atoms with Crippen LogP contribution in [0.25, 0.3) is 0 Å². The minimum absolute atomic E-state index is 0.120. The number of rotatable bonds is 3. The lowest BCUT2D eigenvalue weighted by Gasteiger charge is -2.27. The van der Waals surface area contributed by atoms with E-state index in [4.69, 9.17) is 10.5 Å². The fourth-order valence-corrected chi connectivity index (χ4v) is 3.04. The van der Waals surface area contributed by atoms with Crippen molar-refractivity contribution in [2.24, 2.45) is 17.6 Å². The number of ketones is 1. The van der Waals surface area contributed by atoms with Crippen LogP contribution in [0.3, 0.4) is 0 Å². The smallest absolute Gasteiger partial charge is 0.164 e. The van der Waals surface area contributed by atoms with E-state index >= 15 is 0 Å². The minimum atomic E-state index is -0.149. The Hall–Kier alpha value is -0.410. The van der Waals surface area contributed by atoms with E-state index in [1.165, 1.54) is 12.8 Å². The van der Waals surface area contributed by atoms with Crippen LogP contribution in [-0.4, -0.2) is 24.5 Å². The van der Waals surface area contributed by atoms with Gasteiger partial charge in [-0.15, -0.1) is 0 Å². The Morgan fingerprint density at radius 1 is 1.31 bits per heavy atom. The summed E-state index contributed by atoms with van der Waals surface area (Å²) < 4.78 is 5.69. The standard InChI is InChI=1S/C13H23NO2/c1-9-3-2-4-10(7-9)13(15)12-6-5-11(8-14)16-12/h9-12H,2-8,14H2,1H3. The molecule has 4 atom stereocenters. The molecule has 1 heterocycles. The van der Waals surface area contributed by atoms with E-state index in [1.807, 2.05) is 0 Å². The van der Waals surface area contributed by atoms with Crippen molar-refractivity contribution in [2.45, 2.75) is 57.7 Å². The molecular formula is C13H23NO2. The molecule has 92 valence electrons. The maximum Gasteiger partial charge on any atom is 0.164 e. The highest BCUT2D eigenvalue weighted by Crippen LogP contribution is 2.32. The average molecular weight is 225 g/mol. The van der Waals surface area contributed by atoms with Crippen LogP contribution in [-0.2, 0) is 9.53 Å². The normalized spacial score (nSPS) is 39.9. The predicted molar refractivity (Wildman–Crippen MR) is 63.1 cm³/mol. The number of carbonyl (C=O) groups is 1. The third-order valence-corrected chi connectivity index (χ3v) is 4.03. The molecule has 0 aromatic carbocycles. The van der Waals surface area contributed by atoms with E-state index in [1.54, 1.807) is 0 Å². The Labute approximate surface area is 97.7 Å². The zero-order chi connectivity index (χ0) is 11.5. The lowest BCUT2D eigenvalue weighted by Crippen LogP contribution is -2.32. The zero-order valence-electron chi connectivity index (χ0n) is 10.2. The van der Waals surface area contributed by atoms with E-state index in [0.717, 1.165) is 25.7 Å². The molecule has 0 bridgehead atoms. The average Bonchev–Trinajstić information content (AvgIpc) is 2.76. The first kappa shape index (κ1) is 12.1. The summed E-state index contributed by atoms with van der Waals surface area (Å²) >= 11 is 0. The molecule has 2 rings (SSSR count). The molecule has 4 unspecified atom stereocenters. The highest BCUT2D eigenvalue weighted by Gasteiger charge is 2.35. The van der Waals surface area contributed by atoms with Gasteiger partial charge in [-0.05, 0) is 31.6 Å². The number of carbonyl (C=O) groups excluding carboxylic acids is 1. The van der Waals surface area contributed by atoms with Crippen LogP contribution in [0, 0.1) is 11.8 Å². The molecule has 1 aliphatic carbocycles. The fraction of sp³-hybridized carbons (Fsp3) is 0.923. The highest BCUT2D eigenvalue weighted by atomic mass is 16.5. The van der Waals surface area contributed by atoms with E-state index in [-0.39, 0.29) is 18.1 Å². The van der Waals surface area contributed by atoms with Gasteiger partial charge in [-0.25, -0.2) is 0 Å². The molecule has 0 amide bonds. The van der Waals surface area contributed by atoms with Gasteiger partial charge in [0.1, 0.15) is 6.10 Å². The SMILES string of the molecule is CC1CCCC(C(=O)C2CCC(CN)O2)C1. The molecule has 2 N–H and O–H groups in total. The summed E-state index contributed by atoms with van der Waals surface area (Å²) in [6.45, 7) is 2.79. The molecule has 0 aromatic rings. The molecule has 1 saturated heterocycles. The monoisotopic (exact) mass is 225 g/mol. The minimum Gasteiger partial charge on any atom is -0.366 e. The molecule has 0 spiro atoms. The molecule has 1 saturated carbocycles. The number of hydrogen-bond acceptors (Lipinski definition) is 3. The molecule has 3 nitrogen and oxygen atoms in total. The van der Waals surface area contributed by atoms with E-state index in [2.05, 4.69) is 6.92 Å². The van der Waals surface area contributed by atoms with E-state index in [9.17, 15) is 4.79 Å². The molecule has 0 radical (unpaired) electrons. The summed E-state index contributed by atoms with van der Waals surface area (Å²) in [6.07, 6.45) is 6.41. The largest absolute Gasteiger partial charge is 0.366 e. The van der Waals surface area contributed by atoms with Crippen LogP contribution in [0.2, 0.25) is 0 Å². The van der Waals surface area contributed by atoms with Gasteiger partial charge >= 0.3 is 0 Å². The third-order valence-electron chi connectivity index (χ3n) is 4.03. The highest BCUT2D eigenvalue weighted by molar-refractivity contribution is 5.85. The van der Waals surface area contributed by atoms with Crippen molar-refractivity contribution in [3.63, 3.8) is 0 Å². The fourth-order valence-electron chi connectivity index (χ4n) is 3.04. The summed E-state index contributed by atoms with van der Waals surface area (Å²) in [5.74, 6) is 1.31. The second kappa shape index (κ2) is 5.28. The van der Waals surface area contributed by atoms with Crippen LogP contribution in [0.15, 0.2) is 0 Å². The molecule has 2 fully saturated rings. The Morgan fingerprint density at radius 3 is 2.75 bits per heavy atom. The second-order valence-corrected chi connectivity index (χ2v) is 5.43. The first-order valence-corrected chi connectivity index (χ1v) is 6.60. The lowest BCUT2D eigenvalue weighted by molar-refractivity contribution is -0.135. The predicted octanol–water partition coefficient (Wildman–Crippen LogP) is 1.89. The van der Waals surface area contributed by atoms with Gasteiger partial charge in [-0.3, -0.25) is 4.79 Å². The first-order chi connectivity index (χ1) is 7.70. The summed E-state index contributed by atoms with van der Waals surface area (Å²) in [5, 5.41) is 0. The van der Waals surface area contributed by atoms with Gasteiger partial charge in [-0.2, -0.15) is 0 Å². The van der Waals surface area contributed by atoms with Crippen molar-refractivity contribution < 1.29 is 9.53 Å².